The van der Waals surface area contributed by atoms with Gasteiger partial charge in [-0.2, -0.15) is 0 Å². The van der Waals surface area contributed by atoms with Gasteiger partial charge in [-0.3, -0.25) is 0 Å². The molecule has 0 saturated carbocycles. The van der Waals surface area contributed by atoms with Gasteiger partial charge in [-0.05, 0) is 26.0 Å². The van der Waals surface area contributed by atoms with Gasteiger partial charge in [0.2, 0.25) is 0 Å². The van der Waals surface area contributed by atoms with Crippen molar-refractivity contribution in [3.63, 3.8) is 0 Å². The van der Waals surface area contributed by atoms with Gasteiger partial charge < -0.3 is 14.2 Å². The normalized spacial score (nSPS) is 24.0. The summed E-state index contributed by atoms with van der Waals surface area (Å²) < 4.78 is 16.6. The molecule has 1 atom stereocenters. The van der Waals surface area contributed by atoms with Crippen LogP contribution in [0.5, 0.6) is 5.75 Å². The average Bonchev–Trinajstić information content (AvgIpc) is 2.57. The summed E-state index contributed by atoms with van der Waals surface area (Å²) in [6.07, 6.45) is 0.0280. The maximum absolute atomic E-state index is 5.62. The van der Waals surface area contributed by atoms with Crippen LogP contribution in [0.15, 0.2) is 30.3 Å². The van der Waals surface area contributed by atoms with Crippen LogP contribution in [0.3, 0.4) is 0 Å². The van der Waals surface area contributed by atoms with Crippen molar-refractivity contribution < 1.29 is 14.2 Å². The van der Waals surface area contributed by atoms with Crippen LogP contribution in [-0.4, -0.2) is 25.1 Å². The zero-order valence-corrected chi connectivity index (χ0v) is 9.10. The van der Waals surface area contributed by atoms with Crippen molar-refractivity contribution in [1.82, 2.24) is 0 Å². The minimum Gasteiger partial charge on any atom is -0.491 e. The van der Waals surface area contributed by atoms with Crippen LogP contribution >= 0.6 is 0 Å². The van der Waals surface area contributed by atoms with E-state index in [1.807, 2.05) is 44.2 Å². The predicted octanol–water partition coefficient (Wildman–Crippen LogP) is 2.22. The molecule has 1 aliphatic heterocycles. The van der Waals surface area contributed by atoms with Gasteiger partial charge in [0.15, 0.2) is 5.79 Å². The quantitative estimate of drug-likeness (QED) is 0.762. The minimum atomic E-state index is -0.468. The second kappa shape index (κ2) is 4.21. The predicted molar refractivity (Wildman–Crippen MR) is 56.8 cm³/mol. The maximum Gasteiger partial charge on any atom is 0.163 e. The summed E-state index contributed by atoms with van der Waals surface area (Å²) in [6.45, 7) is 4.96. The summed E-state index contributed by atoms with van der Waals surface area (Å²) in [7, 11) is 0. The Morgan fingerprint density at radius 1 is 1.33 bits per heavy atom. The number of benzene rings is 1. The molecule has 0 aliphatic carbocycles. The fourth-order valence-corrected chi connectivity index (χ4v) is 1.55. The molecule has 1 aromatic carbocycles. The minimum absolute atomic E-state index is 0.0280. The van der Waals surface area contributed by atoms with E-state index >= 15 is 0 Å². The molecule has 1 heterocycles. The monoisotopic (exact) mass is 208 g/mol. The lowest BCUT2D eigenvalue weighted by Gasteiger charge is -2.17. The Labute approximate surface area is 90.0 Å². The van der Waals surface area contributed by atoms with Crippen molar-refractivity contribution in [1.29, 1.82) is 0 Å². The van der Waals surface area contributed by atoms with E-state index in [-0.39, 0.29) is 6.10 Å². The first kappa shape index (κ1) is 10.5. The highest BCUT2D eigenvalue weighted by molar-refractivity contribution is 5.20. The molecule has 0 N–H and O–H groups in total. The van der Waals surface area contributed by atoms with Gasteiger partial charge in [0.05, 0.1) is 6.61 Å². The Morgan fingerprint density at radius 2 is 2.07 bits per heavy atom. The Hall–Kier alpha value is -1.06. The molecule has 0 aromatic heterocycles. The van der Waals surface area contributed by atoms with Crippen LogP contribution < -0.4 is 4.74 Å². The van der Waals surface area contributed by atoms with E-state index in [4.69, 9.17) is 14.2 Å². The molecule has 1 aliphatic rings. The fraction of sp³-hybridized carbons (Fsp3) is 0.500. The first-order valence-corrected chi connectivity index (χ1v) is 5.15. The van der Waals surface area contributed by atoms with E-state index in [0.29, 0.717) is 13.2 Å². The molecule has 0 bridgehead atoms. The summed E-state index contributed by atoms with van der Waals surface area (Å²) in [4.78, 5) is 0. The lowest BCUT2D eigenvalue weighted by molar-refractivity contribution is -0.141. The van der Waals surface area contributed by atoms with E-state index in [0.717, 1.165) is 5.75 Å². The average molecular weight is 208 g/mol. The van der Waals surface area contributed by atoms with Crippen molar-refractivity contribution in [3.05, 3.63) is 30.3 Å². The summed E-state index contributed by atoms with van der Waals surface area (Å²) >= 11 is 0. The lowest BCUT2D eigenvalue weighted by Crippen LogP contribution is -2.25. The largest absolute Gasteiger partial charge is 0.491 e. The summed E-state index contributed by atoms with van der Waals surface area (Å²) in [5.41, 5.74) is 0. The summed E-state index contributed by atoms with van der Waals surface area (Å²) in [5.74, 6) is 0.399. The third kappa shape index (κ3) is 2.94. The molecule has 1 fully saturated rings. The summed E-state index contributed by atoms with van der Waals surface area (Å²) in [6, 6.07) is 9.73. The molecule has 1 saturated heterocycles. The fourth-order valence-electron chi connectivity index (χ4n) is 1.55. The van der Waals surface area contributed by atoms with E-state index in [1.165, 1.54) is 0 Å². The second-order valence-corrected chi connectivity index (χ2v) is 4.07. The Morgan fingerprint density at radius 3 is 2.67 bits per heavy atom. The van der Waals surface area contributed by atoms with E-state index < -0.39 is 5.79 Å². The lowest BCUT2D eigenvalue weighted by atomic mass is 10.3. The first-order chi connectivity index (χ1) is 7.16. The number of rotatable bonds is 3. The topological polar surface area (TPSA) is 27.7 Å². The van der Waals surface area contributed by atoms with Crippen molar-refractivity contribution in [3.8, 4) is 5.75 Å². The highest BCUT2D eigenvalue weighted by Gasteiger charge is 2.32. The van der Waals surface area contributed by atoms with Crippen molar-refractivity contribution in [2.24, 2.45) is 0 Å². The van der Waals surface area contributed by atoms with Gasteiger partial charge in [0, 0.05) is 0 Å². The van der Waals surface area contributed by atoms with Crippen LogP contribution in [0.1, 0.15) is 13.8 Å². The van der Waals surface area contributed by atoms with Crippen LogP contribution in [0.2, 0.25) is 0 Å². The molecular weight excluding hydrogens is 192 g/mol. The van der Waals surface area contributed by atoms with Crippen LogP contribution in [0.25, 0.3) is 0 Å². The molecule has 3 nitrogen and oxygen atoms in total. The van der Waals surface area contributed by atoms with Crippen molar-refractivity contribution in [2.45, 2.75) is 25.7 Å². The zero-order chi connectivity index (χ0) is 10.7. The highest BCUT2D eigenvalue weighted by atomic mass is 16.7. The van der Waals surface area contributed by atoms with Gasteiger partial charge in [0.1, 0.15) is 18.5 Å². The third-order valence-electron chi connectivity index (χ3n) is 2.25. The van der Waals surface area contributed by atoms with Crippen LogP contribution in [0.4, 0.5) is 0 Å². The molecule has 1 unspecified atom stereocenters. The smallest absolute Gasteiger partial charge is 0.163 e. The number of para-hydroxylation sites is 1. The number of ether oxygens (including phenoxy) is 3. The van der Waals surface area contributed by atoms with Gasteiger partial charge in [-0.15, -0.1) is 0 Å². The molecule has 0 radical (unpaired) electrons. The standard InChI is InChI=1S/C12H16O3/c1-12(2)14-9-11(15-12)8-13-10-6-4-3-5-7-10/h3-7,11H,8-9H2,1-2H3. The Kier molecular flexibility index (Phi) is 2.93. The van der Waals surface area contributed by atoms with Gasteiger partial charge >= 0.3 is 0 Å². The van der Waals surface area contributed by atoms with Gasteiger partial charge in [0.25, 0.3) is 0 Å². The molecule has 15 heavy (non-hydrogen) atoms. The van der Waals surface area contributed by atoms with Gasteiger partial charge in [-0.1, -0.05) is 18.2 Å². The zero-order valence-electron chi connectivity index (χ0n) is 9.10. The molecule has 0 amide bonds. The van der Waals surface area contributed by atoms with Crippen molar-refractivity contribution in [2.75, 3.05) is 13.2 Å². The molecule has 1 aromatic rings. The molecule has 0 spiro atoms. The van der Waals surface area contributed by atoms with Crippen LogP contribution in [-0.2, 0) is 9.47 Å². The van der Waals surface area contributed by atoms with E-state index in [2.05, 4.69) is 0 Å². The van der Waals surface area contributed by atoms with Crippen LogP contribution in [0, 0.1) is 0 Å². The first-order valence-electron chi connectivity index (χ1n) is 5.15. The third-order valence-corrected chi connectivity index (χ3v) is 2.25. The molecule has 3 heteroatoms. The maximum atomic E-state index is 5.62. The molecule has 2 rings (SSSR count). The molecular formula is C12H16O3. The summed E-state index contributed by atoms with van der Waals surface area (Å²) in [5, 5.41) is 0. The van der Waals surface area contributed by atoms with Crippen molar-refractivity contribution >= 4 is 0 Å². The Bertz CT molecular complexity index is 308. The highest BCUT2D eigenvalue weighted by Crippen LogP contribution is 2.22. The van der Waals surface area contributed by atoms with E-state index in [9.17, 15) is 0 Å². The number of hydrogen-bond donors (Lipinski definition) is 0. The van der Waals surface area contributed by atoms with E-state index in [1.54, 1.807) is 0 Å². The second-order valence-electron chi connectivity index (χ2n) is 4.07. The SMILES string of the molecule is CC1(C)OCC(COc2ccccc2)O1. The Balaban J connectivity index is 1.80. The van der Waals surface area contributed by atoms with Gasteiger partial charge in [-0.25, -0.2) is 0 Å². The molecule has 82 valence electrons. The number of hydrogen-bond acceptors (Lipinski definition) is 3.